The fourth-order valence-corrected chi connectivity index (χ4v) is 2.87. The van der Waals surface area contributed by atoms with Crippen LogP contribution in [-0.4, -0.2) is 37.9 Å². The molecule has 1 unspecified atom stereocenters. The molecule has 1 aliphatic rings. The molecule has 1 aromatic carbocycles. The second-order valence-electron chi connectivity index (χ2n) is 6.60. The molecule has 0 radical (unpaired) electrons. The third-order valence-corrected chi connectivity index (χ3v) is 4.42. The standard InChI is InChI=1S/C18H21N3O4/c1-10-3-4-11(2)15(7-10)21-16(22)8-14(20-21)18(25)19-13(9-17(23)24)12-5-6-12/h3-4,7-8,12-13,22H,5-6,9H2,1-2H3,(H,19,25)(H,23,24). The number of carboxylic acids is 1. The normalized spacial score (nSPS) is 15.0. The van der Waals surface area contributed by atoms with Crippen molar-refractivity contribution >= 4 is 11.9 Å². The Morgan fingerprint density at radius 3 is 2.68 bits per heavy atom. The van der Waals surface area contributed by atoms with Crippen LogP contribution < -0.4 is 5.32 Å². The average molecular weight is 343 g/mol. The molecule has 25 heavy (non-hydrogen) atoms. The number of aryl methyl sites for hydroxylation is 2. The van der Waals surface area contributed by atoms with Crippen LogP contribution in [0.2, 0.25) is 0 Å². The summed E-state index contributed by atoms with van der Waals surface area (Å²) in [7, 11) is 0. The summed E-state index contributed by atoms with van der Waals surface area (Å²) < 4.78 is 1.32. The van der Waals surface area contributed by atoms with Crippen molar-refractivity contribution in [3.8, 4) is 11.6 Å². The lowest BCUT2D eigenvalue weighted by Gasteiger charge is -2.15. The zero-order valence-electron chi connectivity index (χ0n) is 14.2. The molecule has 7 nitrogen and oxygen atoms in total. The summed E-state index contributed by atoms with van der Waals surface area (Å²) in [5, 5.41) is 26.1. The van der Waals surface area contributed by atoms with Gasteiger partial charge in [-0.3, -0.25) is 9.59 Å². The van der Waals surface area contributed by atoms with Gasteiger partial charge < -0.3 is 15.5 Å². The molecule has 1 atom stereocenters. The quantitative estimate of drug-likeness (QED) is 0.746. The van der Waals surface area contributed by atoms with E-state index in [1.807, 2.05) is 32.0 Å². The number of nitrogens with zero attached hydrogens (tertiary/aromatic N) is 2. The van der Waals surface area contributed by atoms with Gasteiger partial charge in [-0.05, 0) is 49.8 Å². The Balaban J connectivity index is 1.82. The maximum Gasteiger partial charge on any atom is 0.305 e. The Bertz CT molecular complexity index is 824. The number of aliphatic carboxylic acids is 1. The van der Waals surface area contributed by atoms with Gasteiger partial charge in [-0.1, -0.05) is 12.1 Å². The second-order valence-corrected chi connectivity index (χ2v) is 6.60. The van der Waals surface area contributed by atoms with Crippen LogP contribution in [0.1, 0.15) is 40.9 Å². The van der Waals surface area contributed by atoms with Crippen molar-refractivity contribution in [3.63, 3.8) is 0 Å². The van der Waals surface area contributed by atoms with Gasteiger partial charge in [0, 0.05) is 12.1 Å². The van der Waals surface area contributed by atoms with Gasteiger partial charge >= 0.3 is 5.97 Å². The number of carbonyl (C=O) groups is 2. The molecule has 132 valence electrons. The fraction of sp³-hybridized carbons (Fsp3) is 0.389. The minimum atomic E-state index is -0.944. The molecule has 1 amide bonds. The Hall–Kier alpha value is -2.83. The number of benzene rings is 1. The molecule has 3 N–H and O–H groups in total. The number of hydrogen-bond donors (Lipinski definition) is 3. The van der Waals surface area contributed by atoms with Gasteiger partial charge in [-0.2, -0.15) is 5.10 Å². The van der Waals surface area contributed by atoms with E-state index in [-0.39, 0.29) is 23.9 Å². The second kappa shape index (κ2) is 6.58. The Labute approximate surface area is 145 Å². The van der Waals surface area contributed by atoms with E-state index in [2.05, 4.69) is 10.4 Å². The minimum absolute atomic E-state index is 0.0643. The van der Waals surface area contributed by atoms with Crippen LogP contribution >= 0.6 is 0 Å². The topological polar surface area (TPSA) is 104 Å². The van der Waals surface area contributed by atoms with Crippen LogP contribution in [0.15, 0.2) is 24.3 Å². The van der Waals surface area contributed by atoms with E-state index in [1.54, 1.807) is 0 Å². The van der Waals surface area contributed by atoms with E-state index in [1.165, 1.54) is 10.7 Å². The van der Waals surface area contributed by atoms with E-state index in [4.69, 9.17) is 5.11 Å². The van der Waals surface area contributed by atoms with Crippen molar-refractivity contribution in [1.29, 1.82) is 0 Å². The number of carbonyl (C=O) groups excluding carboxylic acids is 1. The third kappa shape index (κ3) is 3.81. The molecule has 0 saturated heterocycles. The highest BCUT2D eigenvalue weighted by molar-refractivity contribution is 5.93. The molecular formula is C18H21N3O4. The molecule has 1 fully saturated rings. The zero-order chi connectivity index (χ0) is 18.1. The monoisotopic (exact) mass is 343 g/mol. The van der Waals surface area contributed by atoms with E-state index in [0.717, 1.165) is 24.0 Å². The highest BCUT2D eigenvalue weighted by Crippen LogP contribution is 2.34. The van der Waals surface area contributed by atoms with Crippen molar-refractivity contribution < 1.29 is 19.8 Å². The summed E-state index contributed by atoms with van der Waals surface area (Å²) >= 11 is 0. The average Bonchev–Trinajstić information content (AvgIpc) is 3.31. The molecule has 0 aliphatic heterocycles. The summed E-state index contributed by atoms with van der Waals surface area (Å²) in [6, 6.07) is 6.64. The first-order valence-corrected chi connectivity index (χ1v) is 8.24. The van der Waals surface area contributed by atoms with Crippen molar-refractivity contribution in [1.82, 2.24) is 15.1 Å². The molecule has 0 spiro atoms. The highest BCUT2D eigenvalue weighted by atomic mass is 16.4. The number of hydrogen-bond acceptors (Lipinski definition) is 4. The van der Waals surface area contributed by atoms with Gasteiger partial charge in [0.15, 0.2) is 5.69 Å². The van der Waals surface area contributed by atoms with Gasteiger partial charge in [0.1, 0.15) is 0 Å². The first-order valence-electron chi connectivity index (χ1n) is 8.24. The van der Waals surface area contributed by atoms with E-state index in [9.17, 15) is 14.7 Å². The van der Waals surface area contributed by atoms with Crippen molar-refractivity contribution in [2.24, 2.45) is 5.92 Å². The molecule has 0 bridgehead atoms. The van der Waals surface area contributed by atoms with Gasteiger partial charge in [0.2, 0.25) is 5.88 Å². The molecular weight excluding hydrogens is 322 g/mol. The van der Waals surface area contributed by atoms with E-state index in [0.29, 0.717) is 5.69 Å². The van der Waals surface area contributed by atoms with Crippen LogP contribution in [0.4, 0.5) is 0 Å². The highest BCUT2D eigenvalue weighted by Gasteiger charge is 2.34. The maximum absolute atomic E-state index is 12.4. The predicted molar refractivity (Wildman–Crippen MR) is 90.9 cm³/mol. The Morgan fingerprint density at radius 1 is 1.32 bits per heavy atom. The summed E-state index contributed by atoms with van der Waals surface area (Å²) in [4.78, 5) is 23.4. The Morgan fingerprint density at radius 2 is 2.04 bits per heavy atom. The van der Waals surface area contributed by atoms with Crippen LogP contribution in [0.25, 0.3) is 5.69 Å². The molecule has 7 heteroatoms. The summed E-state index contributed by atoms with van der Waals surface area (Å²) in [5.41, 5.74) is 2.68. The smallest absolute Gasteiger partial charge is 0.305 e. The number of rotatable bonds is 6. The number of carboxylic acid groups (broad SMARTS) is 1. The molecule has 1 aliphatic carbocycles. The zero-order valence-corrected chi connectivity index (χ0v) is 14.2. The van der Waals surface area contributed by atoms with Crippen molar-refractivity contribution in [3.05, 3.63) is 41.1 Å². The first-order chi connectivity index (χ1) is 11.8. The minimum Gasteiger partial charge on any atom is -0.493 e. The molecule has 1 aromatic heterocycles. The van der Waals surface area contributed by atoms with E-state index < -0.39 is 17.9 Å². The van der Waals surface area contributed by atoms with Crippen molar-refractivity contribution in [2.75, 3.05) is 0 Å². The lowest BCUT2D eigenvalue weighted by Crippen LogP contribution is -2.38. The number of aromatic nitrogens is 2. The largest absolute Gasteiger partial charge is 0.493 e. The van der Waals surface area contributed by atoms with E-state index >= 15 is 0 Å². The summed E-state index contributed by atoms with van der Waals surface area (Å²) in [5.74, 6) is -1.35. The third-order valence-electron chi connectivity index (χ3n) is 4.42. The molecule has 1 saturated carbocycles. The molecule has 2 aromatic rings. The lowest BCUT2D eigenvalue weighted by molar-refractivity contribution is -0.137. The first kappa shape index (κ1) is 17.0. The van der Waals surface area contributed by atoms with Crippen LogP contribution in [0.3, 0.4) is 0 Å². The van der Waals surface area contributed by atoms with Crippen LogP contribution in [0, 0.1) is 19.8 Å². The summed E-state index contributed by atoms with van der Waals surface area (Å²) in [6.45, 7) is 3.83. The van der Waals surface area contributed by atoms with Gasteiger partial charge in [0.25, 0.3) is 5.91 Å². The summed E-state index contributed by atoms with van der Waals surface area (Å²) in [6.07, 6.45) is 1.72. The van der Waals surface area contributed by atoms with Crippen LogP contribution in [-0.2, 0) is 4.79 Å². The van der Waals surface area contributed by atoms with Crippen LogP contribution in [0.5, 0.6) is 5.88 Å². The van der Waals surface area contributed by atoms with Crippen molar-refractivity contribution in [2.45, 2.75) is 39.2 Å². The fourth-order valence-electron chi connectivity index (χ4n) is 2.87. The number of aromatic hydroxyl groups is 1. The predicted octanol–water partition coefficient (Wildman–Crippen LogP) is 2.18. The number of nitrogens with one attached hydrogen (secondary N) is 1. The molecule has 3 rings (SSSR count). The SMILES string of the molecule is Cc1ccc(C)c(-n2nc(C(=O)NC(CC(=O)O)C3CC3)cc2O)c1. The van der Waals surface area contributed by atoms with Gasteiger partial charge in [-0.15, -0.1) is 0 Å². The van der Waals surface area contributed by atoms with Gasteiger partial charge in [-0.25, -0.2) is 4.68 Å². The number of amides is 1. The molecule has 1 heterocycles. The Kier molecular flexibility index (Phi) is 4.48. The lowest BCUT2D eigenvalue weighted by atomic mass is 10.1. The maximum atomic E-state index is 12.4. The van der Waals surface area contributed by atoms with Gasteiger partial charge in [0.05, 0.1) is 12.1 Å².